The Morgan fingerprint density at radius 3 is 1.46 bits per heavy atom. The van der Waals surface area contributed by atoms with Gasteiger partial charge in [0.05, 0.1) is 24.3 Å². The van der Waals surface area contributed by atoms with Gasteiger partial charge in [-0.2, -0.15) is 0 Å². The summed E-state index contributed by atoms with van der Waals surface area (Å²) in [6.07, 6.45) is -0.660. The maximum atomic E-state index is 11.9. The van der Waals surface area contributed by atoms with E-state index in [0.29, 0.717) is 11.1 Å². The van der Waals surface area contributed by atoms with E-state index < -0.39 is 11.9 Å². The van der Waals surface area contributed by atoms with Gasteiger partial charge in [0.25, 0.3) is 0 Å². The first-order valence-electron chi connectivity index (χ1n) is 8.40. The third-order valence-corrected chi connectivity index (χ3v) is 3.86. The minimum absolute atomic E-state index is 0.115. The number of carbonyl (C=O) groups excluding carboxylic acids is 2. The fourth-order valence-electron chi connectivity index (χ4n) is 2.43. The molecule has 6 nitrogen and oxygen atoms in total. The predicted octanol–water partition coefficient (Wildman–Crippen LogP) is 2.48. The van der Waals surface area contributed by atoms with Crippen LogP contribution in [0.25, 0.3) is 0 Å². The highest BCUT2D eigenvalue weighted by Crippen LogP contribution is 2.11. The van der Waals surface area contributed by atoms with Gasteiger partial charge in [-0.1, -0.05) is 36.4 Å². The van der Waals surface area contributed by atoms with Crippen LogP contribution in [0, 0.1) is 0 Å². The van der Waals surface area contributed by atoms with Gasteiger partial charge in [-0.05, 0) is 24.3 Å². The van der Waals surface area contributed by atoms with Crippen LogP contribution in [0.15, 0.2) is 60.7 Å². The van der Waals surface area contributed by atoms with Gasteiger partial charge in [-0.3, -0.25) is 0 Å². The summed E-state index contributed by atoms with van der Waals surface area (Å²) in [6.45, 7) is 0.778. The molecule has 0 bridgehead atoms. The summed E-state index contributed by atoms with van der Waals surface area (Å²) in [5, 5.41) is 0. The smallest absolute Gasteiger partial charge is 0.338 e. The molecule has 0 aliphatic carbocycles. The highest BCUT2D eigenvalue weighted by molar-refractivity contribution is 5.89. The minimum atomic E-state index is -0.395. The van der Waals surface area contributed by atoms with Crippen LogP contribution in [0.2, 0.25) is 0 Å². The van der Waals surface area contributed by atoms with Crippen LogP contribution in [0.5, 0.6) is 0 Å². The molecule has 0 N–H and O–H groups in total. The van der Waals surface area contributed by atoms with E-state index in [-0.39, 0.29) is 38.6 Å². The molecule has 0 aromatic heterocycles. The Morgan fingerprint density at radius 2 is 1.12 bits per heavy atom. The fraction of sp³-hybridized carbons (Fsp3) is 0.300. The lowest BCUT2D eigenvalue weighted by molar-refractivity contribution is -0.156. The van der Waals surface area contributed by atoms with Crippen molar-refractivity contribution in [2.75, 3.05) is 26.4 Å². The fourth-order valence-corrected chi connectivity index (χ4v) is 2.43. The van der Waals surface area contributed by atoms with E-state index in [1.807, 2.05) is 12.1 Å². The Kier molecular flexibility index (Phi) is 6.35. The first kappa shape index (κ1) is 18.1. The molecule has 1 aliphatic rings. The van der Waals surface area contributed by atoms with Gasteiger partial charge in [0.2, 0.25) is 0 Å². The number of carbonyl (C=O) groups is 2. The Bertz CT molecular complexity index is 644. The van der Waals surface area contributed by atoms with Crippen LogP contribution < -0.4 is 0 Å². The van der Waals surface area contributed by atoms with Crippen LogP contribution in [0.1, 0.15) is 20.7 Å². The molecule has 26 heavy (non-hydrogen) atoms. The standard InChI is InChI=1S/C20H20O6/c21-19(15-7-3-1-4-8-15)25-13-17-11-24-18(12-23-17)14-26-20(22)16-9-5-2-6-10-16/h1-10,17-18H,11-14H2. The molecule has 136 valence electrons. The largest absolute Gasteiger partial charge is 0.459 e. The van der Waals surface area contributed by atoms with Gasteiger partial charge < -0.3 is 18.9 Å². The molecule has 0 radical (unpaired) electrons. The molecule has 1 saturated heterocycles. The third kappa shape index (κ3) is 5.15. The van der Waals surface area contributed by atoms with Crippen molar-refractivity contribution in [3.05, 3.63) is 71.8 Å². The highest BCUT2D eigenvalue weighted by Gasteiger charge is 2.25. The molecule has 0 saturated carbocycles. The summed E-state index contributed by atoms with van der Waals surface area (Å²) in [5.41, 5.74) is 0.991. The number of ether oxygens (including phenoxy) is 4. The minimum Gasteiger partial charge on any atom is -0.459 e. The van der Waals surface area contributed by atoms with E-state index in [9.17, 15) is 9.59 Å². The van der Waals surface area contributed by atoms with E-state index in [0.717, 1.165) is 0 Å². The molecule has 2 unspecified atom stereocenters. The van der Waals surface area contributed by atoms with Crippen molar-refractivity contribution in [3.8, 4) is 0 Å². The van der Waals surface area contributed by atoms with E-state index >= 15 is 0 Å². The number of esters is 2. The molecule has 2 atom stereocenters. The van der Waals surface area contributed by atoms with Crippen molar-refractivity contribution < 1.29 is 28.5 Å². The van der Waals surface area contributed by atoms with Gasteiger partial charge in [0, 0.05) is 0 Å². The van der Waals surface area contributed by atoms with Crippen LogP contribution >= 0.6 is 0 Å². The first-order valence-corrected chi connectivity index (χ1v) is 8.40. The normalized spacial score (nSPS) is 19.5. The van der Waals surface area contributed by atoms with Crippen molar-refractivity contribution in [3.63, 3.8) is 0 Å². The van der Waals surface area contributed by atoms with Crippen molar-refractivity contribution >= 4 is 11.9 Å². The molecule has 1 aliphatic heterocycles. The lowest BCUT2D eigenvalue weighted by atomic mass is 10.2. The SMILES string of the molecule is O=C(OCC1COC(COC(=O)c2ccccc2)CO1)c1ccccc1. The predicted molar refractivity (Wildman–Crippen MR) is 92.9 cm³/mol. The average molecular weight is 356 g/mol. The first-order chi connectivity index (χ1) is 12.7. The highest BCUT2D eigenvalue weighted by atomic mass is 16.6. The van der Waals surface area contributed by atoms with Crippen molar-refractivity contribution in [1.82, 2.24) is 0 Å². The summed E-state index contributed by atoms with van der Waals surface area (Å²) in [4.78, 5) is 23.8. The Hall–Kier alpha value is -2.70. The summed E-state index contributed by atoms with van der Waals surface area (Å²) in [5.74, 6) is -0.791. The monoisotopic (exact) mass is 356 g/mol. The van der Waals surface area contributed by atoms with Gasteiger partial charge >= 0.3 is 11.9 Å². The van der Waals surface area contributed by atoms with Crippen LogP contribution in [-0.4, -0.2) is 50.6 Å². The molecule has 6 heteroatoms. The average Bonchev–Trinajstić information content (AvgIpc) is 2.72. The zero-order valence-electron chi connectivity index (χ0n) is 14.2. The zero-order chi connectivity index (χ0) is 18.2. The molecule has 1 fully saturated rings. The maximum Gasteiger partial charge on any atom is 0.338 e. The quantitative estimate of drug-likeness (QED) is 0.741. The molecular weight excluding hydrogens is 336 g/mol. The molecular formula is C20H20O6. The van der Waals surface area contributed by atoms with Crippen LogP contribution in [0.3, 0.4) is 0 Å². The molecule has 3 rings (SSSR count). The second kappa shape index (κ2) is 9.12. The molecule has 0 spiro atoms. The van der Waals surface area contributed by atoms with Crippen LogP contribution in [-0.2, 0) is 18.9 Å². The zero-order valence-corrected chi connectivity index (χ0v) is 14.2. The number of hydrogen-bond acceptors (Lipinski definition) is 6. The second-order valence-corrected chi connectivity index (χ2v) is 5.84. The third-order valence-electron chi connectivity index (χ3n) is 3.86. The molecule has 0 amide bonds. The molecule has 2 aromatic rings. The van der Waals surface area contributed by atoms with Gasteiger partial charge in [0.1, 0.15) is 25.4 Å². The topological polar surface area (TPSA) is 71.1 Å². The maximum absolute atomic E-state index is 11.9. The Morgan fingerprint density at radius 1 is 0.731 bits per heavy atom. The van der Waals surface area contributed by atoms with Crippen molar-refractivity contribution in [1.29, 1.82) is 0 Å². The van der Waals surface area contributed by atoms with E-state index in [2.05, 4.69) is 0 Å². The van der Waals surface area contributed by atoms with Crippen molar-refractivity contribution in [2.45, 2.75) is 12.2 Å². The lowest BCUT2D eigenvalue weighted by Gasteiger charge is -2.28. The van der Waals surface area contributed by atoms with Crippen LogP contribution in [0.4, 0.5) is 0 Å². The van der Waals surface area contributed by atoms with Gasteiger partial charge in [-0.25, -0.2) is 9.59 Å². The number of rotatable bonds is 6. The summed E-state index contributed by atoms with van der Waals surface area (Å²) >= 11 is 0. The summed E-state index contributed by atoms with van der Waals surface area (Å²) < 4.78 is 21.7. The van der Waals surface area contributed by atoms with E-state index in [1.54, 1.807) is 48.5 Å². The molecule has 1 heterocycles. The lowest BCUT2D eigenvalue weighted by Crippen LogP contribution is -2.41. The van der Waals surface area contributed by atoms with Gasteiger partial charge in [-0.15, -0.1) is 0 Å². The summed E-state index contributed by atoms with van der Waals surface area (Å²) in [7, 11) is 0. The van der Waals surface area contributed by atoms with Crippen molar-refractivity contribution in [2.24, 2.45) is 0 Å². The van der Waals surface area contributed by atoms with Gasteiger partial charge in [0.15, 0.2) is 0 Å². The summed E-state index contributed by atoms with van der Waals surface area (Å²) in [6, 6.07) is 17.5. The molecule has 2 aromatic carbocycles. The Labute approximate surface area is 151 Å². The van der Waals surface area contributed by atoms with E-state index in [1.165, 1.54) is 0 Å². The second-order valence-electron chi connectivity index (χ2n) is 5.84. The number of hydrogen-bond donors (Lipinski definition) is 0. The number of benzene rings is 2. The van der Waals surface area contributed by atoms with E-state index in [4.69, 9.17) is 18.9 Å². The Balaban J connectivity index is 1.35.